The van der Waals surface area contributed by atoms with Gasteiger partial charge in [0.1, 0.15) is 0 Å². The van der Waals surface area contributed by atoms with Crippen LogP contribution in [0.3, 0.4) is 0 Å². The summed E-state index contributed by atoms with van der Waals surface area (Å²) >= 11 is 0. The molecule has 2 radical (unpaired) electrons. The molecule has 0 aliphatic heterocycles. The van der Waals surface area contributed by atoms with Gasteiger partial charge in [0.2, 0.25) is 6.29 Å². The average Bonchev–Trinajstić information content (AvgIpc) is 3.57. The Balaban J connectivity index is 1.22. The molecular formula is C34H62O2. The minimum atomic E-state index is 0.138. The van der Waals surface area contributed by atoms with Crippen molar-refractivity contribution >= 4 is 6.29 Å². The van der Waals surface area contributed by atoms with Crippen molar-refractivity contribution < 1.29 is 9.53 Å². The highest BCUT2D eigenvalue weighted by Crippen LogP contribution is 2.34. The molecule has 2 nitrogen and oxygen atoms in total. The molecule has 4 unspecified atom stereocenters. The van der Waals surface area contributed by atoms with Crippen molar-refractivity contribution in [3.63, 3.8) is 0 Å². The lowest BCUT2D eigenvalue weighted by Crippen LogP contribution is -2.10. The normalized spacial score (nSPS) is 21.4. The Morgan fingerprint density at radius 1 is 0.694 bits per heavy atom. The van der Waals surface area contributed by atoms with Crippen molar-refractivity contribution in [3.05, 3.63) is 6.42 Å². The monoisotopic (exact) mass is 502 g/mol. The van der Waals surface area contributed by atoms with Crippen LogP contribution in [0.1, 0.15) is 174 Å². The van der Waals surface area contributed by atoms with E-state index >= 15 is 0 Å². The maximum atomic E-state index is 10.5. The molecule has 2 heteroatoms. The van der Waals surface area contributed by atoms with Crippen molar-refractivity contribution in [1.82, 2.24) is 0 Å². The number of ether oxygens (including phenoxy) is 1. The minimum Gasteiger partial charge on any atom is -0.378 e. The lowest BCUT2D eigenvalue weighted by molar-refractivity contribution is 0.0525. The highest BCUT2D eigenvalue weighted by atomic mass is 16.5. The zero-order chi connectivity index (χ0) is 25.5. The van der Waals surface area contributed by atoms with E-state index in [2.05, 4.69) is 12.7 Å². The van der Waals surface area contributed by atoms with Crippen LogP contribution in [0.4, 0.5) is 0 Å². The minimum absolute atomic E-state index is 0.138. The third-order valence-electron chi connectivity index (χ3n) is 9.08. The molecule has 2 saturated carbocycles. The molecule has 0 N–H and O–H groups in total. The van der Waals surface area contributed by atoms with Crippen molar-refractivity contribution in [2.45, 2.75) is 180 Å². The van der Waals surface area contributed by atoms with Gasteiger partial charge in [-0.1, -0.05) is 129 Å². The fourth-order valence-corrected chi connectivity index (χ4v) is 6.56. The molecule has 0 bridgehead atoms. The number of unbranched alkanes of at least 4 members (excludes halogenated alkanes) is 15. The first kappa shape index (κ1) is 31.8. The van der Waals surface area contributed by atoms with Gasteiger partial charge < -0.3 is 4.74 Å². The molecule has 2 fully saturated rings. The van der Waals surface area contributed by atoms with Crippen LogP contribution >= 0.6 is 0 Å². The molecule has 0 amide bonds. The Morgan fingerprint density at radius 3 is 1.81 bits per heavy atom. The lowest BCUT2D eigenvalue weighted by Gasteiger charge is -2.14. The summed E-state index contributed by atoms with van der Waals surface area (Å²) in [5, 5.41) is 0. The van der Waals surface area contributed by atoms with Crippen molar-refractivity contribution in [1.29, 1.82) is 0 Å². The van der Waals surface area contributed by atoms with Crippen molar-refractivity contribution in [3.8, 4) is 0 Å². The van der Waals surface area contributed by atoms with Crippen LogP contribution < -0.4 is 0 Å². The van der Waals surface area contributed by atoms with Crippen LogP contribution in [-0.4, -0.2) is 19.0 Å². The van der Waals surface area contributed by atoms with Gasteiger partial charge in [-0.2, -0.15) is 0 Å². The molecule has 210 valence electrons. The van der Waals surface area contributed by atoms with Crippen LogP contribution in [0.15, 0.2) is 0 Å². The zero-order valence-corrected chi connectivity index (χ0v) is 24.3. The van der Waals surface area contributed by atoms with E-state index < -0.39 is 0 Å². The quantitative estimate of drug-likeness (QED) is 0.116. The Labute approximate surface area is 226 Å². The predicted octanol–water partition coefficient (Wildman–Crippen LogP) is 10.7. The van der Waals surface area contributed by atoms with Crippen LogP contribution in [0, 0.1) is 24.2 Å². The molecule has 0 aromatic heterocycles. The molecule has 36 heavy (non-hydrogen) atoms. The van der Waals surface area contributed by atoms with E-state index in [0.29, 0.717) is 6.10 Å². The Hall–Kier alpha value is -0.370. The zero-order valence-electron chi connectivity index (χ0n) is 24.3. The molecule has 0 spiro atoms. The van der Waals surface area contributed by atoms with Crippen LogP contribution in [0.2, 0.25) is 0 Å². The second kappa shape index (κ2) is 22.6. The first-order valence-corrected chi connectivity index (χ1v) is 16.6. The van der Waals surface area contributed by atoms with Gasteiger partial charge >= 0.3 is 0 Å². The second-order valence-electron chi connectivity index (χ2n) is 12.5. The summed E-state index contributed by atoms with van der Waals surface area (Å²) in [6.45, 7) is 2.99. The maximum Gasteiger partial charge on any atom is 0.201 e. The predicted molar refractivity (Wildman–Crippen MR) is 156 cm³/mol. The van der Waals surface area contributed by atoms with E-state index in [1.54, 1.807) is 0 Å². The van der Waals surface area contributed by atoms with Gasteiger partial charge in [-0.05, 0) is 63.2 Å². The lowest BCUT2D eigenvalue weighted by atomic mass is 9.95. The van der Waals surface area contributed by atoms with E-state index in [1.165, 1.54) is 161 Å². The Bertz CT molecular complexity index is 484. The standard InChI is InChI=1S/C34H62O2/c1-31(30-35)21-16-14-12-10-8-6-4-2-3-5-7-9-11-13-15-19-28-36-34-27-26-33(29-34)25-20-24-32-22-17-18-23-32/h17,31-34H,2-16,18-29H2,1H3. The number of hydrogen-bond acceptors (Lipinski definition) is 2. The topological polar surface area (TPSA) is 26.3 Å². The van der Waals surface area contributed by atoms with E-state index in [0.717, 1.165) is 24.9 Å². The average molecular weight is 503 g/mol. The highest BCUT2D eigenvalue weighted by molar-refractivity contribution is 5.53. The summed E-state index contributed by atoms with van der Waals surface area (Å²) in [5.74, 6) is 2.11. The Morgan fingerprint density at radius 2 is 1.25 bits per heavy atom. The summed E-state index contributed by atoms with van der Waals surface area (Å²) < 4.78 is 6.23. The molecule has 4 atom stereocenters. The summed E-state index contributed by atoms with van der Waals surface area (Å²) in [6, 6.07) is 0. The molecule has 0 heterocycles. The van der Waals surface area contributed by atoms with Crippen LogP contribution in [-0.2, 0) is 9.53 Å². The van der Waals surface area contributed by atoms with Gasteiger partial charge in [-0.3, -0.25) is 4.79 Å². The first-order chi connectivity index (χ1) is 17.8. The van der Waals surface area contributed by atoms with Gasteiger partial charge in [-0.25, -0.2) is 0 Å². The molecular weight excluding hydrogens is 440 g/mol. The van der Waals surface area contributed by atoms with Crippen molar-refractivity contribution in [2.24, 2.45) is 17.8 Å². The molecule has 0 aromatic carbocycles. The van der Waals surface area contributed by atoms with Gasteiger partial charge in [-0.15, -0.1) is 0 Å². The van der Waals surface area contributed by atoms with Gasteiger partial charge in [0.15, 0.2) is 0 Å². The summed E-state index contributed by atoms with van der Waals surface area (Å²) in [4.78, 5) is 10.5. The third-order valence-corrected chi connectivity index (χ3v) is 9.08. The third kappa shape index (κ3) is 17.2. The molecule has 2 aliphatic rings. The molecule has 0 aromatic rings. The Kier molecular flexibility index (Phi) is 20.0. The van der Waals surface area contributed by atoms with E-state index in [1.807, 2.05) is 6.92 Å². The maximum absolute atomic E-state index is 10.5. The number of carbonyl (C=O) groups excluding carboxylic acids is 1. The summed E-state index contributed by atoms with van der Waals surface area (Å²) in [7, 11) is 0. The van der Waals surface area contributed by atoms with Gasteiger partial charge in [0.05, 0.1) is 6.10 Å². The smallest absolute Gasteiger partial charge is 0.201 e. The molecule has 0 saturated heterocycles. The summed E-state index contributed by atoms with van der Waals surface area (Å²) in [5.41, 5.74) is 0. The molecule has 2 aliphatic carbocycles. The van der Waals surface area contributed by atoms with Gasteiger partial charge in [0.25, 0.3) is 0 Å². The molecule has 2 rings (SSSR count). The van der Waals surface area contributed by atoms with Crippen LogP contribution in [0.5, 0.6) is 0 Å². The van der Waals surface area contributed by atoms with Gasteiger partial charge in [0, 0.05) is 12.5 Å². The van der Waals surface area contributed by atoms with E-state index in [9.17, 15) is 4.79 Å². The van der Waals surface area contributed by atoms with Crippen LogP contribution in [0.25, 0.3) is 0 Å². The van der Waals surface area contributed by atoms with E-state index in [-0.39, 0.29) is 5.92 Å². The highest BCUT2D eigenvalue weighted by Gasteiger charge is 2.25. The summed E-state index contributed by atoms with van der Waals surface area (Å²) in [6.07, 6.45) is 41.0. The second-order valence-corrected chi connectivity index (χ2v) is 12.5. The SMILES string of the molecule is CC([C]=O)CCCCCCCCCCCCCCCCCCOC1CCC(CCCC2C[CH]CC2)C1. The fraction of sp³-hybridized carbons (Fsp3) is 0.941. The van der Waals surface area contributed by atoms with E-state index in [4.69, 9.17) is 4.74 Å². The first-order valence-electron chi connectivity index (χ1n) is 16.6. The van der Waals surface area contributed by atoms with Crippen molar-refractivity contribution in [2.75, 3.05) is 6.61 Å². The largest absolute Gasteiger partial charge is 0.378 e. The number of hydrogen-bond donors (Lipinski definition) is 0. The fourth-order valence-electron chi connectivity index (χ4n) is 6.56. The number of rotatable bonds is 25.